The van der Waals surface area contributed by atoms with Crippen molar-refractivity contribution in [3.8, 4) is 0 Å². The third-order valence-corrected chi connectivity index (χ3v) is 3.42. The molecule has 6 heteroatoms. The molecule has 0 aliphatic rings. The summed E-state index contributed by atoms with van der Waals surface area (Å²) in [7, 11) is 0. The second-order valence-electron chi connectivity index (χ2n) is 4.97. The molecule has 0 bridgehead atoms. The van der Waals surface area contributed by atoms with Crippen molar-refractivity contribution in [2.75, 3.05) is 23.8 Å². The number of carbonyl (C=O) groups excluding carboxylic acids is 2. The van der Waals surface area contributed by atoms with E-state index in [0.29, 0.717) is 11.4 Å². The molecule has 0 atom stereocenters. The van der Waals surface area contributed by atoms with Gasteiger partial charge in [-0.05, 0) is 48.9 Å². The molecule has 0 spiro atoms. The van der Waals surface area contributed by atoms with E-state index in [4.69, 9.17) is 4.74 Å². The van der Waals surface area contributed by atoms with Gasteiger partial charge in [-0.1, -0.05) is 28.1 Å². The fraction of sp³-hybridized carbons (Fsp3) is 0.176. The molecule has 0 heterocycles. The lowest BCUT2D eigenvalue weighted by molar-refractivity contribution is -0.125. The van der Waals surface area contributed by atoms with E-state index < -0.39 is 0 Å². The van der Waals surface area contributed by atoms with Crippen molar-refractivity contribution in [3.63, 3.8) is 0 Å². The van der Waals surface area contributed by atoms with Crippen LogP contribution in [0.1, 0.15) is 5.56 Å². The largest absolute Gasteiger partial charge is 0.362 e. The van der Waals surface area contributed by atoms with E-state index in [1.807, 2.05) is 37.3 Å². The molecule has 2 aromatic rings. The molecule has 0 aromatic heterocycles. The molecule has 2 N–H and O–H groups in total. The quantitative estimate of drug-likeness (QED) is 0.812. The van der Waals surface area contributed by atoms with Crippen LogP contribution < -0.4 is 10.6 Å². The fourth-order valence-corrected chi connectivity index (χ4v) is 2.15. The summed E-state index contributed by atoms with van der Waals surface area (Å²) < 4.78 is 6.05. The first kappa shape index (κ1) is 17.2. The number of ether oxygens (including phenoxy) is 1. The van der Waals surface area contributed by atoms with Crippen LogP contribution in [-0.2, 0) is 14.3 Å². The standard InChI is InChI=1S/C17H17BrN2O3/c1-12-3-2-4-15(9-12)20-17(22)11-23-10-16(21)19-14-7-5-13(18)6-8-14/h2-9H,10-11H2,1H3,(H,19,21)(H,20,22). The first-order chi connectivity index (χ1) is 11.0. The van der Waals surface area contributed by atoms with Gasteiger partial charge in [0.1, 0.15) is 13.2 Å². The lowest BCUT2D eigenvalue weighted by atomic mass is 10.2. The van der Waals surface area contributed by atoms with Gasteiger partial charge in [0, 0.05) is 15.8 Å². The third kappa shape index (κ3) is 6.22. The monoisotopic (exact) mass is 376 g/mol. The highest BCUT2D eigenvalue weighted by Gasteiger charge is 2.06. The van der Waals surface area contributed by atoms with Crippen molar-refractivity contribution in [2.24, 2.45) is 0 Å². The van der Waals surface area contributed by atoms with Crippen molar-refractivity contribution in [2.45, 2.75) is 6.92 Å². The van der Waals surface area contributed by atoms with Crippen LogP contribution in [-0.4, -0.2) is 25.0 Å². The Balaban J connectivity index is 1.70. The van der Waals surface area contributed by atoms with Crippen molar-refractivity contribution in [3.05, 3.63) is 58.6 Å². The Hall–Kier alpha value is -2.18. The zero-order valence-corrected chi connectivity index (χ0v) is 14.2. The SMILES string of the molecule is Cc1cccc(NC(=O)COCC(=O)Nc2ccc(Br)cc2)c1. The third-order valence-electron chi connectivity index (χ3n) is 2.90. The molecule has 0 fully saturated rings. The zero-order valence-electron chi connectivity index (χ0n) is 12.6. The van der Waals surface area contributed by atoms with Crippen molar-refractivity contribution in [1.82, 2.24) is 0 Å². The van der Waals surface area contributed by atoms with Crippen LogP contribution in [0.5, 0.6) is 0 Å². The van der Waals surface area contributed by atoms with Crippen molar-refractivity contribution >= 4 is 39.1 Å². The van der Waals surface area contributed by atoms with Gasteiger partial charge in [0.25, 0.3) is 0 Å². The van der Waals surface area contributed by atoms with E-state index in [-0.39, 0.29) is 25.0 Å². The lowest BCUT2D eigenvalue weighted by Gasteiger charge is -2.08. The number of anilines is 2. The van der Waals surface area contributed by atoms with Crippen molar-refractivity contribution in [1.29, 1.82) is 0 Å². The van der Waals surface area contributed by atoms with Gasteiger partial charge < -0.3 is 15.4 Å². The van der Waals surface area contributed by atoms with Crippen LogP contribution in [0.4, 0.5) is 11.4 Å². The predicted molar refractivity (Wildman–Crippen MR) is 93.4 cm³/mol. The molecule has 23 heavy (non-hydrogen) atoms. The van der Waals surface area contributed by atoms with Gasteiger partial charge in [-0.25, -0.2) is 0 Å². The zero-order chi connectivity index (χ0) is 16.7. The normalized spacial score (nSPS) is 10.2. The predicted octanol–water partition coefficient (Wildman–Crippen LogP) is 3.35. The van der Waals surface area contributed by atoms with Crippen LogP contribution in [0.25, 0.3) is 0 Å². The van der Waals surface area contributed by atoms with E-state index >= 15 is 0 Å². The van der Waals surface area contributed by atoms with Gasteiger partial charge in [-0.3, -0.25) is 9.59 Å². The first-order valence-electron chi connectivity index (χ1n) is 7.02. The molecular weight excluding hydrogens is 360 g/mol. The minimum atomic E-state index is -0.310. The Morgan fingerprint density at radius 2 is 1.57 bits per heavy atom. The topological polar surface area (TPSA) is 67.4 Å². The molecule has 0 aliphatic heterocycles. The number of rotatable bonds is 6. The lowest BCUT2D eigenvalue weighted by Crippen LogP contribution is -2.23. The Labute approximate surface area is 143 Å². The number of benzene rings is 2. The summed E-state index contributed by atoms with van der Waals surface area (Å²) in [4.78, 5) is 23.4. The van der Waals surface area contributed by atoms with Crippen LogP contribution in [0.3, 0.4) is 0 Å². The second kappa shape index (κ2) is 8.45. The molecule has 2 aromatic carbocycles. The average Bonchev–Trinajstić information content (AvgIpc) is 2.49. The average molecular weight is 377 g/mol. The minimum Gasteiger partial charge on any atom is -0.362 e. The Morgan fingerprint density at radius 3 is 2.17 bits per heavy atom. The van der Waals surface area contributed by atoms with Crippen LogP contribution in [0.2, 0.25) is 0 Å². The molecule has 0 saturated carbocycles. The van der Waals surface area contributed by atoms with E-state index in [0.717, 1.165) is 10.0 Å². The van der Waals surface area contributed by atoms with Gasteiger partial charge in [-0.2, -0.15) is 0 Å². The smallest absolute Gasteiger partial charge is 0.250 e. The minimum absolute atomic E-state index is 0.179. The van der Waals surface area contributed by atoms with Gasteiger partial charge in [0.15, 0.2) is 0 Å². The summed E-state index contributed by atoms with van der Waals surface area (Å²) in [6.07, 6.45) is 0. The van der Waals surface area contributed by atoms with Crippen LogP contribution in [0, 0.1) is 6.92 Å². The number of aryl methyl sites for hydroxylation is 1. The number of carbonyl (C=O) groups is 2. The summed E-state index contributed by atoms with van der Waals surface area (Å²) in [6, 6.07) is 14.6. The molecular formula is C17H17BrN2O3. The molecule has 120 valence electrons. The highest BCUT2D eigenvalue weighted by atomic mass is 79.9. The maximum absolute atomic E-state index is 11.7. The molecule has 0 saturated heterocycles. The highest BCUT2D eigenvalue weighted by Crippen LogP contribution is 2.14. The van der Waals surface area contributed by atoms with E-state index in [1.165, 1.54) is 0 Å². The highest BCUT2D eigenvalue weighted by molar-refractivity contribution is 9.10. The molecule has 0 radical (unpaired) electrons. The van der Waals surface area contributed by atoms with E-state index in [1.54, 1.807) is 18.2 Å². The molecule has 2 rings (SSSR count). The molecule has 2 amide bonds. The number of hydrogen-bond donors (Lipinski definition) is 2. The molecule has 0 aliphatic carbocycles. The summed E-state index contributed by atoms with van der Waals surface area (Å²) >= 11 is 3.32. The number of hydrogen-bond acceptors (Lipinski definition) is 3. The van der Waals surface area contributed by atoms with Crippen LogP contribution in [0.15, 0.2) is 53.0 Å². The van der Waals surface area contributed by atoms with E-state index in [9.17, 15) is 9.59 Å². The Morgan fingerprint density at radius 1 is 0.957 bits per heavy atom. The van der Waals surface area contributed by atoms with Gasteiger partial charge in [0.05, 0.1) is 0 Å². The maximum Gasteiger partial charge on any atom is 0.250 e. The second-order valence-corrected chi connectivity index (χ2v) is 5.88. The number of nitrogens with one attached hydrogen (secondary N) is 2. The summed E-state index contributed by atoms with van der Waals surface area (Å²) in [6.45, 7) is 1.58. The maximum atomic E-state index is 11.7. The summed E-state index contributed by atoms with van der Waals surface area (Å²) in [5, 5.41) is 5.40. The Kier molecular flexibility index (Phi) is 6.31. The number of amides is 2. The van der Waals surface area contributed by atoms with Gasteiger partial charge in [0.2, 0.25) is 11.8 Å². The summed E-state index contributed by atoms with van der Waals surface area (Å²) in [5.41, 5.74) is 2.43. The van der Waals surface area contributed by atoms with Gasteiger partial charge >= 0.3 is 0 Å². The van der Waals surface area contributed by atoms with Crippen LogP contribution >= 0.6 is 15.9 Å². The molecule has 0 unspecified atom stereocenters. The fourth-order valence-electron chi connectivity index (χ4n) is 1.89. The Bertz CT molecular complexity index is 686. The van der Waals surface area contributed by atoms with Crippen molar-refractivity contribution < 1.29 is 14.3 Å². The first-order valence-corrected chi connectivity index (χ1v) is 7.82. The number of halogens is 1. The van der Waals surface area contributed by atoms with Gasteiger partial charge in [-0.15, -0.1) is 0 Å². The van der Waals surface area contributed by atoms with E-state index in [2.05, 4.69) is 26.6 Å². The molecule has 5 nitrogen and oxygen atoms in total. The summed E-state index contributed by atoms with van der Waals surface area (Å²) in [5.74, 6) is -0.609.